The van der Waals surface area contributed by atoms with Gasteiger partial charge in [0.05, 0.1) is 17.9 Å². The fourth-order valence-electron chi connectivity index (χ4n) is 2.78. The van der Waals surface area contributed by atoms with E-state index in [9.17, 15) is 9.59 Å². The zero-order valence-electron chi connectivity index (χ0n) is 15.0. The van der Waals surface area contributed by atoms with Crippen LogP contribution in [0.15, 0.2) is 79.1 Å². The van der Waals surface area contributed by atoms with Gasteiger partial charge in [-0.2, -0.15) is 0 Å². The summed E-state index contributed by atoms with van der Waals surface area (Å²) in [7, 11) is 0. The van der Waals surface area contributed by atoms with Crippen LogP contribution >= 0.6 is 0 Å². The summed E-state index contributed by atoms with van der Waals surface area (Å²) in [5, 5.41) is 0.340. The molecule has 0 unspecified atom stereocenters. The van der Waals surface area contributed by atoms with Crippen molar-refractivity contribution in [2.24, 2.45) is 0 Å². The van der Waals surface area contributed by atoms with E-state index in [0.717, 1.165) is 12.0 Å². The van der Waals surface area contributed by atoms with E-state index in [1.165, 1.54) is 24.7 Å². The second kappa shape index (κ2) is 7.44. The Morgan fingerprint density at radius 1 is 1.11 bits per heavy atom. The number of furan rings is 2. The van der Waals surface area contributed by atoms with Crippen LogP contribution < -0.4 is 10.2 Å². The normalized spacial score (nSPS) is 11.3. The second-order valence-corrected chi connectivity index (χ2v) is 6.02. The summed E-state index contributed by atoms with van der Waals surface area (Å²) in [5.74, 6) is -0.114. The minimum absolute atomic E-state index is 0.0616. The third-order valence-electron chi connectivity index (χ3n) is 4.20. The number of carbonyl (C=O) groups excluding carboxylic acids is 1. The molecule has 0 amide bonds. The van der Waals surface area contributed by atoms with Gasteiger partial charge in [-0.3, -0.25) is 4.79 Å². The van der Waals surface area contributed by atoms with Crippen LogP contribution in [0.3, 0.4) is 0 Å². The quantitative estimate of drug-likeness (QED) is 0.367. The maximum atomic E-state index is 13.1. The molecule has 3 heterocycles. The maximum Gasteiger partial charge on any atom is 0.336 e. The Kier molecular flexibility index (Phi) is 4.68. The fraction of sp³-hybridized carbons (Fsp3) is 0.0909. The first-order valence-corrected chi connectivity index (χ1v) is 8.72. The topological polar surface area (TPSA) is 82.8 Å². The van der Waals surface area contributed by atoms with Gasteiger partial charge in [0.2, 0.25) is 16.9 Å². The monoisotopic (exact) mass is 376 g/mol. The lowest BCUT2D eigenvalue weighted by molar-refractivity contribution is -0.129. The van der Waals surface area contributed by atoms with Crippen LogP contribution in [0.1, 0.15) is 18.2 Å². The highest BCUT2D eigenvalue weighted by atomic mass is 16.5. The number of hydrogen-bond donors (Lipinski definition) is 0. The summed E-state index contributed by atoms with van der Waals surface area (Å²) in [5.41, 5.74) is 0.919. The molecule has 0 bridgehead atoms. The summed E-state index contributed by atoms with van der Waals surface area (Å²) in [6, 6.07) is 12.0. The molecule has 0 saturated heterocycles. The van der Waals surface area contributed by atoms with Gasteiger partial charge in [0.1, 0.15) is 11.3 Å². The second-order valence-electron chi connectivity index (χ2n) is 6.02. The predicted octanol–water partition coefficient (Wildman–Crippen LogP) is 4.83. The molecule has 0 radical (unpaired) electrons. The lowest BCUT2D eigenvalue weighted by atomic mass is 10.1. The Bertz CT molecular complexity index is 1190. The Balaban J connectivity index is 1.80. The van der Waals surface area contributed by atoms with E-state index in [1.54, 1.807) is 36.4 Å². The third-order valence-corrected chi connectivity index (χ3v) is 4.20. The van der Waals surface area contributed by atoms with E-state index in [1.807, 2.05) is 13.0 Å². The van der Waals surface area contributed by atoms with E-state index >= 15 is 0 Å². The van der Waals surface area contributed by atoms with Crippen molar-refractivity contribution >= 4 is 23.0 Å². The van der Waals surface area contributed by atoms with Crippen molar-refractivity contribution < 1.29 is 22.8 Å². The number of esters is 1. The minimum Gasteiger partial charge on any atom is -0.465 e. The molecular formula is C22H16O6. The van der Waals surface area contributed by atoms with Gasteiger partial charge in [0.25, 0.3) is 0 Å². The van der Waals surface area contributed by atoms with E-state index in [4.69, 9.17) is 18.0 Å². The standard InChI is InChI=1S/C22H16O6/c1-2-14-7-9-17-16(13-14)20(24)22(21(27-17)18-6-4-12-26-18)28-19(23)10-8-15-5-3-11-25-15/h3-13H,2H2,1H3. The predicted molar refractivity (Wildman–Crippen MR) is 103 cm³/mol. The molecule has 6 nitrogen and oxygen atoms in total. The highest BCUT2D eigenvalue weighted by Crippen LogP contribution is 2.31. The number of aryl methyl sites for hydroxylation is 1. The van der Waals surface area contributed by atoms with E-state index in [2.05, 4.69) is 0 Å². The first-order valence-electron chi connectivity index (χ1n) is 8.72. The Labute approximate surface area is 159 Å². The van der Waals surface area contributed by atoms with Crippen molar-refractivity contribution in [1.29, 1.82) is 0 Å². The lowest BCUT2D eigenvalue weighted by Crippen LogP contribution is -2.14. The van der Waals surface area contributed by atoms with Crippen LogP contribution in [0.4, 0.5) is 0 Å². The molecule has 0 saturated carbocycles. The number of hydrogen-bond acceptors (Lipinski definition) is 6. The maximum absolute atomic E-state index is 13.1. The third kappa shape index (κ3) is 3.40. The van der Waals surface area contributed by atoms with Gasteiger partial charge in [-0.05, 0) is 54.5 Å². The molecule has 6 heteroatoms. The van der Waals surface area contributed by atoms with Crippen molar-refractivity contribution in [3.8, 4) is 17.3 Å². The van der Waals surface area contributed by atoms with Gasteiger partial charge >= 0.3 is 5.97 Å². The average Bonchev–Trinajstić information content (AvgIpc) is 3.42. The Hall–Kier alpha value is -3.80. The zero-order chi connectivity index (χ0) is 19.5. The minimum atomic E-state index is -0.734. The summed E-state index contributed by atoms with van der Waals surface area (Å²) < 4.78 is 21.7. The molecule has 0 fully saturated rings. The summed E-state index contributed by atoms with van der Waals surface area (Å²) in [6.45, 7) is 1.99. The van der Waals surface area contributed by atoms with Crippen LogP contribution in [-0.4, -0.2) is 5.97 Å². The Morgan fingerprint density at radius 2 is 1.93 bits per heavy atom. The number of benzene rings is 1. The average molecular weight is 376 g/mol. The SMILES string of the molecule is CCc1ccc2oc(-c3ccco3)c(OC(=O)C=Cc3ccco3)c(=O)c2c1. The zero-order valence-corrected chi connectivity index (χ0v) is 15.0. The van der Waals surface area contributed by atoms with Gasteiger partial charge in [0, 0.05) is 6.08 Å². The summed E-state index contributed by atoms with van der Waals surface area (Å²) in [4.78, 5) is 25.3. The molecule has 4 rings (SSSR count). The molecule has 140 valence electrons. The van der Waals surface area contributed by atoms with E-state index < -0.39 is 11.4 Å². The summed E-state index contributed by atoms with van der Waals surface area (Å²) >= 11 is 0. The van der Waals surface area contributed by atoms with Crippen molar-refractivity contribution in [3.63, 3.8) is 0 Å². The van der Waals surface area contributed by atoms with Crippen LogP contribution in [0, 0.1) is 0 Å². The van der Waals surface area contributed by atoms with E-state index in [0.29, 0.717) is 16.7 Å². The first-order chi connectivity index (χ1) is 13.7. The molecule has 0 aliphatic carbocycles. The number of ether oxygens (including phenoxy) is 1. The molecule has 0 N–H and O–H groups in total. The van der Waals surface area contributed by atoms with Gasteiger partial charge in [-0.15, -0.1) is 0 Å². The van der Waals surface area contributed by atoms with Gasteiger partial charge in [0.15, 0.2) is 5.76 Å². The van der Waals surface area contributed by atoms with Crippen LogP contribution in [0.25, 0.3) is 28.6 Å². The largest absolute Gasteiger partial charge is 0.465 e. The van der Waals surface area contributed by atoms with Crippen molar-refractivity contribution in [1.82, 2.24) is 0 Å². The first kappa shape index (κ1) is 17.6. The number of rotatable bonds is 5. The van der Waals surface area contributed by atoms with Crippen molar-refractivity contribution in [3.05, 3.63) is 82.6 Å². The highest BCUT2D eigenvalue weighted by Gasteiger charge is 2.21. The number of fused-ring (bicyclic) bond motifs is 1. The molecule has 28 heavy (non-hydrogen) atoms. The van der Waals surface area contributed by atoms with Gasteiger partial charge in [-0.1, -0.05) is 13.0 Å². The molecule has 1 aromatic carbocycles. The lowest BCUT2D eigenvalue weighted by Gasteiger charge is -2.08. The number of carbonyl (C=O) groups is 1. The molecule has 0 spiro atoms. The fourth-order valence-corrected chi connectivity index (χ4v) is 2.78. The molecule has 4 aromatic rings. The van der Waals surface area contributed by atoms with Crippen molar-refractivity contribution in [2.75, 3.05) is 0 Å². The smallest absolute Gasteiger partial charge is 0.336 e. The van der Waals surface area contributed by atoms with E-state index in [-0.39, 0.29) is 17.3 Å². The van der Waals surface area contributed by atoms with Crippen LogP contribution in [0.2, 0.25) is 0 Å². The summed E-state index contributed by atoms with van der Waals surface area (Å²) in [6.07, 6.45) is 6.32. The van der Waals surface area contributed by atoms with Crippen LogP contribution in [0.5, 0.6) is 5.75 Å². The van der Waals surface area contributed by atoms with Crippen LogP contribution in [-0.2, 0) is 11.2 Å². The Morgan fingerprint density at radius 3 is 2.64 bits per heavy atom. The highest BCUT2D eigenvalue weighted by molar-refractivity contribution is 5.90. The molecular weight excluding hydrogens is 360 g/mol. The molecule has 0 aliphatic rings. The molecule has 0 atom stereocenters. The van der Waals surface area contributed by atoms with Gasteiger partial charge < -0.3 is 18.0 Å². The van der Waals surface area contributed by atoms with Crippen molar-refractivity contribution in [2.45, 2.75) is 13.3 Å². The molecule has 0 aliphatic heterocycles. The molecule has 3 aromatic heterocycles. The van der Waals surface area contributed by atoms with Gasteiger partial charge in [-0.25, -0.2) is 4.79 Å².